The summed E-state index contributed by atoms with van der Waals surface area (Å²) < 4.78 is 26.1. The van der Waals surface area contributed by atoms with Crippen molar-refractivity contribution in [2.24, 2.45) is 0 Å². The highest BCUT2D eigenvalue weighted by atomic mass is 19.2. The molecule has 22 heavy (non-hydrogen) atoms. The van der Waals surface area contributed by atoms with Crippen molar-refractivity contribution in [2.45, 2.75) is 13.3 Å². The van der Waals surface area contributed by atoms with E-state index in [1.807, 2.05) is 24.3 Å². The van der Waals surface area contributed by atoms with Crippen molar-refractivity contribution in [1.82, 2.24) is 4.98 Å². The predicted molar refractivity (Wildman–Crippen MR) is 84.4 cm³/mol. The Labute approximate surface area is 128 Å². The standard InChI is InChI=1S/C19H15F2N/c1-2-13-3-5-14(6-4-13)15-7-9-16(10-8-15)17-11-18(20)19(21)22-12-17/h3-12H,2H2,1H3. The summed E-state index contributed by atoms with van der Waals surface area (Å²) in [4.78, 5) is 3.41. The number of aromatic nitrogens is 1. The molecular weight excluding hydrogens is 280 g/mol. The summed E-state index contributed by atoms with van der Waals surface area (Å²) in [6, 6.07) is 17.3. The van der Waals surface area contributed by atoms with E-state index in [2.05, 4.69) is 36.2 Å². The fourth-order valence-corrected chi connectivity index (χ4v) is 2.37. The summed E-state index contributed by atoms with van der Waals surface area (Å²) in [6.45, 7) is 2.12. The van der Waals surface area contributed by atoms with Crippen LogP contribution < -0.4 is 0 Å². The second-order valence-electron chi connectivity index (χ2n) is 5.12. The number of nitrogens with zero attached hydrogens (tertiary/aromatic N) is 1. The normalized spacial score (nSPS) is 10.7. The fraction of sp³-hybridized carbons (Fsp3) is 0.105. The Morgan fingerprint density at radius 2 is 1.27 bits per heavy atom. The second kappa shape index (κ2) is 6.06. The van der Waals surface area contributed by atoms with Crippen molar-refractivity contribution < 1.29 is 8.78 Å². The van der Waals surface area contributed by atoms with E-state index in [0.717, 1.165) is 29.2 Å². The van der Waals surface area contributed by atoms with Gasteiger partial charge in [-0.3, -0.25) is 0 Å². The number of halogens is 2. The molecule has 0 aliphatic heterocycles. The lowest BCUT2D eigenvalue weighted by atomic mass is 10.00. The van der Waals surface area contributed by atoms with Crippen LogP contribution in [0.1, 0.15) is 12.5 Å². The van der Waals surface area contributed by atoms with Crippen LogP contribution in [0.5, 0.6) is 0 Å². The van der Waals surface area contributed by atoms with Gasteiger partial charge in [-0.05, 0) is 34.7 Å². The maximum atomic E-state index is 13.2. The van der Waals surface area contributed by atoms with Crippen LogP contribution in [0, 0.1) is 11.8 Å². The summed E-state index contributed by atoms with van der Waals surface area (Å²) in [7, 11) is 0. The van der Waals surface area contributed by atoms with Crippen LogP contribution in [0.3, 0.4) is 0 Å². The van der Waals surface area contributed by atoms with Crippen LogP contribution in [0.15, 0.2) is 60.8 Å². The van der Waals surface area contributed by atoms with E-state index >= 15 is 0 Å². The Balaban J connectivity index is 1.89. The maximum absolute atomic E-state index is 13.2. The highest BCUT2D eigenvalue weighted by Gasteiger charge is 2.06. The lowest BCUT2D eigenvalue weighted by Crippen LogP contribution is -1.90. The quantitative estimate of drug-likeness (QED) is 0.601. The molecule has 0 aliphatic rings. The number of rotatable bonds is 3. The van der Waals surface area contributed by atoms with E-state index in [0.29, 0.717) is 5.56 Å². The molecule has 0 atom stereocenters. The second-order valence-corrected chi connectivity index (χ2v) is 5.12. The Hall–Kier alpha value is -2.55. The third-order valence-corrected chi connectivity index (χ3v) is 3.71. The molecule has 0 amide bonds. The first-order chi connectivity index (χ1) is 10.7. The molecule has 0 N–H and O–H groups in total. The molecule has 0 radical (unpaired) electrons. The van der Waals surface area contributed by atoms with Crippen molar-refractivity contribution >= 4 is 0 Å². The topological polar surface area (TPSA) is 12.9 Å². The van der Waals surface area contributed by atoms with Gasteiger partial charge >= 0.3 is 0 Å². The van der Waals surface area contributed by atoms with Gasteiger partial charge in [-0.15, -0.1) is 0 Å². The van der Waals surface area contributed by atoms with Gasteiger partial charge in [-0.25, -0.2) is 9.37 Å². The van der Waals surface area contributed by atoms with Crippen molar-refractivity contribution in [3.63, 3.8) is 0 Å². The minimum Gasteiger partial charge on any atom is -0.225 e. The lowest BCUT2D eigenvalue weighted by Gasteiger charge is -2.06. The lowest BCUT2D eigenvalue weighted by molar-refractivity contribution is 0.480. The van der Waals surface area contributed by atoms with Crippen LogP contribution in [0.25, 0.3) is 22.3 Å². The molecular formula is C19H15F2N. The van der Waals surface area contributed by atoms with E-state index < -0.39 is 11.8 Å². The van der Waals surface area contributed by atoms with Gasteiger partial charge in [-0.2, -0.15) is 4.39 Å². The monoisotopic (exact) mass is 295 g/mol. The third-order valence-electron chi connectivity index (χ3n) is 3.71. The van der Waals surface area contributed by atoms with Crippen molar-refractivity contribution in [1.29, 1.82) is 0 Å². The smallest absolute Gasteiger partial charge is 0.225 e. The largest absolute Gasteiger partial charge is 0.248 e. The van der Waals surface area contributed by atoms with Gasteiger partial charge in [0.15, 0.2) is 5.82 Å². The van der Waals surface area contributed by atoms with Gasteiger partial charge < -0.3 is 0 Å². The van der Waals surface area contributed by atoms with Crippen LogP contribution in [0.4, 0.5) is 8.78 Å². The van der Waals surface area contributed by atoms with Crippen LogP contribution in [-0.4, -0.2) is 4.98 Å². The van der Waals surface area contributed by atoms with Gasteiger partial charge in [0.2, 0.25) is 5.95 Å². The highest BCUT2D eigenvalue weighted by Crippen LogP contribution is 2.25. The molecule has 3 rings (SSSR count). The van der Waals surface area contributed by atoms with Crippen molar-refractivity contribution in [3.05, 3.63) is 78.1 Å². The van der Waals surface area contributed by atoms with Gasteiger partial charge in [0.25, 0.3) is 0 Å². The zero-order valence-corrected chi connectivity index (χ0v) is 12.2. The first-order valence-corrected chi connectivity index (χ1v) is 7.18. The van der Waals surface area contributed by atoms with Gasteiger partial charge in [0.1, 0.15) is 0 Å². The molecule has 1 aromatic heterocycles. The van der Waals surface area contributed by atoms with Crippen LogP contribution in [-0.2, 0) is 6.42 Å². The minimum atomic E-state index is -1.07. The number of hydrogen-bond donors (Lipinski definition) is 0. The number of pyridine rings is 1. The highest BCUT2D eigenvalue weighted by molar-refractivity contribution is 5.70. The summed E-state index contributed by atoms with van der Waals surface area (Å²) in [5.41, 5.74) is 4.88. The Morgan fingerprint density at radius 1 is 0.773 bits per heavy atom. The summed E-state index contributed by atoms with van der Waals surface area (Å²) in [6.07, 6.45) is 2.35. The molecule has 1 heterocycles. The molecule has 0 unspecified atom stereocenters. The first-order valence-electron chi connectivity index (χ1n) is 7.18. The Bertz CT molecular complexity index is 778. The molecule has 3 aromatic rings. The van der Waals surface area contributed by atoms with E-state index in [4.69, 9.17) is 0 Å². The first kappa shape index (κ1) is 14.4. The molecule has 0 aliphatic carbocycles. The molecule has 1 nitrogen and oxygen atoms in total. The third kappa shape index (κ3) is 2.89. The molecule has 0 bridgehead atoms. The van der Waals surface area contributed by atoms with Crippen LogP contribution in [0.2, 0.25) is 0 Å². The molecule has 2 aromatic carbocycles. The van der Waals surface area contributed by atoms with Gasteiger partial charge in [0, 0.05) is 11.8 Å². The van der Waals surface area contributed by atoms with Gasteiger partial charge in [0.05, 0.1) is 0 Å². The van der Waals surface area contributed by atoms with Crippen molar-refractivity contribution in [3.8, 4) is 22.3 Å². The van der Waals surface area contributed by atoms with Gasteiger partial charge in [-0.1, -0.05) is 55.5 Å². The maximum Gasteiger partial charge on any atom is 0.248 e. The molecule has 0 spiro atoms. The fourth-order valence-electron chi connectivity index (χ4n) is 2.37. The average Bonchev–Trinajstić information content (AvgIpc) is 2.58. The Morgan fingerprint density at radius 3 is 1.77 bits per heavy atom. The number of benzene rings is 2. The molecule has 110 valence electrons. The zero-order chi connectivity index (χ0) is 15.5. The molecule has 0 fully saturated rings. The average molecular weight is 295 g/mol. The summed E-state index contributed by atoms with van der Waals surface area (Å²) in [5, 5.41) is 0. The van der Waals surface area contributed by atoms with E-state index in [9.17, 15) is 8.78 Å². The number of hydrogen-bond acceptors (Lipinski definition) is 1. The van der Waals surface area contributed by atoms with E-state index in [-0.39, 0.29) is 0 Å². The van der Waals surface area contributed by atoms with E-state index in [1.165, 1.54) is 11.8 Å². The summed E-state index contributed by atoms with van der Waals surface area (Å²) >= 11 is 0. The SMILES string of the molecule is CCc1ccc(-c2ccc(-c3cnc(F)c(F)c3)cc2)cc1. The summed E-state index contributed by atoms with van der Waals surface area (Å²) in [5.74, 6) is -2.01. The van der Waals surface area contributed by atoms with Crippen LogP contribution >= 0.6 is 0 Å². The number of aryl methyl sites for hydroxylation is 1. The van der Waals surface area contributed by atoms with Crippen molar-refractivity contribution in [2.75, 3.05) is 0 Å². The minimum absolute atomic E-state index is 0.562. The predicted octanol–water partition coefficient (Wildman–Crippen LogP) is 5.26. The molecule has 0 saturated heterocycles. The van der Waals surface area contributed by atoms with E-state index in [1.54, 1.807) is 0 Å². The zero-order valence-electron chi connectivity index (χ0n) is 12.2. The molecule has 0 saturated carbocycles. The molecule has 3 heteroatoms. The Kier molecular flexibility index (Phi) is 3.96.